The molecule has 3 heteroatoms. The molecule has 3 N–H and O–H groups in total. The molecule has 1 saturated heterocycles. The first-order valence-corrected chi connectivity index (χ1v) is 7.06. The van der Waals surface area contributed by atoms with Crippen LogP contribution in [0.2, 0.25) is 0 Å². The maximum Gasteiger partial charge on any atom is 0.0320 e. The Morgan fingerprint density at radius 1 is 1.33 bits per heavy atom. The van der Waals surface area contributed by atoms with E-state index in [1.54, 1.807) is 0 Å². The first kappa shape index (κ1) is 12.0. The number of nitrogens with two attached hydrogens (primary N) is 1. The van der Waals surface area contributed by atoms with Crippen molar-refractivity contribution in [2.24, 2.45) is 0 Å². The molecule has 2 aliphatic rings. The summed E-state index contributed by atoms with van der Waals surface area (Å²) in [6.45, 7) is 6.66. The molecule has 1 aliphatic carbocycles. The van der Waals surface area contributed by atoms with Gasteiger partial charge in [-0.2, -0.15) is 0 Å². The van der Waals surface area contributed by atoms with Gasteiger partial charge in [0.1, 0.15) is 0 Å². The van der Waals surface area contributed by atoms with E-state index in [1.807, 2.05) is 0 Å². The quantitative estimate of drug-likeness (QED) is 0.800. The van der Waals surface area contributed by atoms with Crippen LogP contribution in [0, 0.1) is 0 Å². The monoisotopic (exact) mass is 245 g/mol. The van der Waals surface area contributed by atoms with Gasteiger partial charge in [0.2, 0.25) is 0 Å². The van der Waals surface area contributed by atoms with Crippen LogP contribution in [-0.4, -0.2) is 30.6 Å². The molecule has 3 rings (SSSR count). The lowest BCUT2D eigenvalue weighted by atomic mass is 10.0. The zero-order chi connectivity index (χ0) is 12.5. The Kier molecular flexibility index (Phi) is 3.27. The molecule has 1 aliphatic heterocycles. The van der Waals surface area contributed by atoms with E-state index in [1.165, 1.54) is 24.0 Å². The predicted octanol–water partition coefficient (Wildman–Crippen LogP) is 1.94. The van der Waals surface area contributed by atoms with Crippen LogP contribution in [0.3, 0.4) is 0 Å². The Bertz CT molecular complexity index is 426. The van der Waals surface area contributed by atoms with Crippen LogP contribution >= 0.6 is 0 Å². The number of nitrogens with zero attached hydrogens (tertiary/aromatic N) is 1. The highest BCUT2D eigenvalue weighted by Gasteiger charge is 2.24. The molecular formula is C15H23N3. The van der Waals surface area contributed by atoms with E-state index in [2.05, 4.69) is 35.3 Å². The molecule has 0 aromatic heterocycles. The number of piperazine rings is 1. The lowest BCUT2D eigenvalue weighted by Crippen LogP contribution is -2.48. The molecule has 18 heavy (non-hydrogen) atoms. The molecule has 2 fully saturated rings. The molecule has 0 amide bonds. The lowest BCUT2D eigenvalue weighted by Gasteiger charge is -2.32. The number of anilines is 1. The van der Waals surface area contributed by atoms with Gasteiger partial charge in [0.05, 0.1) is 0 Å². The second-order valence-corrected chi connectivity index (χ2v) is 5.87. The highest BCUT2D eigenvalue weighted by molar-refractivity contribution is 5.46. The Hall–Kier alpha value is -1.06. The average molecular weight is 245 g/mol. The third-order valence-electron chi connectivity index (χ3n) is 3.95. The topological polar surface area (TPSA) is 41.3 Å². The van der Waals surface area contributed by atoms with Crippen molar-refractivity contribution in [3.8, 4) is 0 Å². The van der Waals surface area contributed by atoms with E-state index >= 15 is 0 Å². The molecule has 1 aromatic rings. The third kappa shape index (κ3) is 2.85. The fourth-order valence-corrected chi connectivity index (χ4v) is 2.90. The summed E-state index contributed by atoms with van der Waals surface area (Å²) in [5.74, 6) is 0.786. The number of nitrogens with one attached hydrogen (secondary N) is 1. The molecule has 3 nitrogen and oxygen atoms in total. The van der Waals surface area contributed by atoms with Gasteiger partial charge in [0.15, 0.2) is 0 Å². The second kappa shape index (κ2) is 4.90. The van der Waals surface area contributed by atoms with Crippen molar-refractivity contribution in [1.29, 1.82) is 0 Å². The third-order valence-corrected chi connectivity index (χ3v) is 3.95. The summed E-state index contributed by atoms with van der Waals surface area (Å²) in [5, 5.41) is 3.48. The van der Waals surface area contributed by atoms with Crippen molar-refractivity contribution in [1.82, 2.24) is 10.2 Å². The minimum atomic E-state index is 0.600. The summed E-state index contributed by atoms with van der Waals surface area (Å²) in [5.41, 5.74) is 9.79. The van der Waals surface area contributed by atoms with Crippen LogP contribution in [0.15, 0.2) is 18.2 Å². The number of benzene rings is 1. The fraction of sp³-hybridized carbons (Fsp3) is 0.600. The standard InChI is InChI=1S/C15H23N3/c1-11-9-18(5-4-17-11)10-12-6-14(13-2-3-13)8-15(16)7-12/h6-8,11,13,17H,2-5,9-10,16H2,1H3/t11-/m1/s1. The van der Waals surface area contributed by atoms with Gasteiger partial charge in [-0.15, -0.1) is 0 Å². The lowest BCUT2D eigenvalue weighted by molar-refractivity contribution is 0.199. The number of rotatable bonds is 3. The molecule has 1 heterocycles. The Labute approximate surface area is 109 Å². The van der Waals surface area contributed by atoms with Gasteiger partial charge < -0.3 is 11.1 Å². The minimum Gasteiger partial charge on any atom is -0.399 e. The van der Waals surface area contributed by atoms with Gasteiger partial charge in [0.25, 0.3) is 0 Å². The minimum absolute atomic E-state index is 0.600. The van der Waals surface area contributed by atoms with E-state index in [9.17, 15) is 0 Å². The highest BCUT2D eigenvalue weighted by atomic mass is 15.2. The van der Waals surface area contributed by atoms with E-state index in [0.29, 0.717) is 6.04 Å². The van der Waals surface area contributed by atoms with Crippen LogP contribution < -0.4 is 11.1 Å². The van der Waals surface area contributed by atoms with Gasteiger partial charge in [0, 0.05) is 37.9 Å². The molecule has 1 aromatic carbocycles. The number of hydrogen-bond donors (Lipinski definition) is 2. The largest absolute Gasteiger partial charge is 0.399 e. The second-order valence-electron chi connectivity index (χ2n) is 5.87. The van der Waals surface area contributed by atoms with E-state index in [4.69, 9.17) is 5.73 Å². The van der Waals surface area contributed by atoms with Crippen molar-refractivity contribution in [3.05, 3.63) is 29.3 Å². The van der Waals surface area contributed by atoms with Crippen LogP contribution in [0.25, 0.3) is 0 Å². The predicted molar refractivity (Wildman–Crippen MR) is 75.6 cm³/mol. The van der Waals surface area contributed by atoms with E-state index in [0.717, 1.165) is 37.8 Å². The van der Waals surface area contributed by atoms with Crippen LogP contribution in [0.5, 0.6) is 0 Å². The molecule has 0 unspecified atom stereocenters. The Morgan fingerprint density at radius 3 is 2.89 bits per heavy atom. The first-order chi connectivity index (χ1) is 8.70. The first-order valence-electron chi connectivity index (χ1n) is 7.06. The van der Waals surface area contributed by atoms with Gasteiger partial charge in [-0.1, -0.05) is 6.07 Å². The number of nitrogen functional groups attached to an aromatic ring is 1. The van der Waals surface area contributed by atoms with Crippen molar-refractivity contribution in [2.45, 2.75) is 38.3 Å². The van der Waals surface area contributed by atoms with Gasteiger partial charge >= 0.3 is 0 Å². The molecule has 0 bridgehead atoms. The van der Waals surface area contributed by atoms with Crippen molar-refractivity contribution >= 4 is 5.69 Å². The maximum atomic E-state index is 6.03. The summed E-state index contributed by atoms with van der Waals surface area (Å²) >= 11 is 0. The Morgan fingerprint density at radius 2 is 2.17 bits per heavy atom. The smallest absolute Gasteiger partial charge is 0.0320 e. The van der Waals surface area contributed by atoms with Gasteiger partial charge in [-0.25, -0.2) is 0 Å². The molecule has 0 spiro atoms. The SMILES string of the molecule is C[C@@H]1CN(Cc2cc(N)cc(C3CC3)c2)CCN1. The Balaban J connectivity index is 1.71. The summed E-state index contributed by atoms with van der Waals surface area (Å²) in [6.07, 6.45) is 2.68. The molecule has 1 saturated carbocycles. The van der Waals surface area contributed by atoms with Crippen LogP contribution in [0.4, 0.5) is 5.69 Å². The van der Waals surface area contributed by atoms with Crippen LogP contribution in [0.1, 0.15) is 36.8 Å². The normalized spacial score (nSPS) is 25.3. The summed E-state index contributed by atoms with van der Waals surface area (Å²) in [4.78, 5) is 2.52. The van der Waals surface area contributed by atoms with Crippen molar-refractivity contribution in [2.75, 3.05) is 25.4 Å². The average Bonchev–Trinajstić information content (AvgIpc) is 3.11. The molecule has 98 valence electrons. The summed E-state index contributed by atoms with van der Waals surface area (Å²) in [6, 6.07) is 7.25. The zero-order valence-electron chi connectivity index (χ0n) is 11.2. The summed E-state index contributed by atoms with van der Waals surface area (Å²) < 4.78 is 0. The molecule has 1 atom stereocenters. The molecule has 0 radical (unpaired) electrons. The maximum absolute atomic E-state index is 6.03. The van der Waals surface area contributed by atoms with Crippen LogP contribution in [-0.2, 0) is 6.54 Å². The van der Waals surface area contributed by atoms with E-state index < -0.39 is 0 Å². The van der Waals surface area contributed by atoms with Crippen molar-refractivity contribution in [3.63, 3.8) is 0 Å². The van der Waals surface area contributed by atoms with Crippen molar-refractivity contribution < 1.29 is 0 Å². The zero-order valence-corrected chi connectivity index (χ0v) is 11.2. The number of hydrogen-bond acceptors (Lipinski definition) is 3. The van der Waals surface area contributed by atoms with Gasteiger partial charge in [-0.3, -0.25) is 4.90 Å². The summed E-state index contributed by atoms with van der Waals surface area (Å²) in [7, 11) is 0. The van der Waals surface area contributed by atoms with E-state index in [-0.39, 0.29) is 0 Å². The van der Waals surface area contributed by atoms with Gasteiger partial charge in [-0.05, 0) is 48.9 Å². The molecular weight excluding hydrogens is 222 g/mol. The highest BCUT2D eigenvalue weighted by Crippen LogP contribution is 2.41. The fourth-order valence-electron chi connectivity index (χ4n) is 2.90.